The van der Waals surface area contributed by atoms with Crippen molar-refractivity contribution in [2.75, 3.05) is 11.9 Å². The van der Waals surface area contributed by atoms with Gasteiger partial charge in [-0.15, -0.1) is 0 Å². The molecular weight excluding hydrogens is 401 g/mol. The Kier molecular flexibility index (Phi) is 5.42. The molecule has 10 heteroatoms. The number of para-hydroxylation sites is 1. The maximum Gasteiger partial charge on any atom is 0.405 e. The summed E-state index contributed by atoms with van der Waals surface area (Å²) in [5.74, 6) is -0.581. The zero-order valence-corrected chi connectivity index (χ0v) is 13.6. The molecule has 1 amide bonds. The third-order valence-corrected chi connectivity index (χ3v) is 3.35. The predicted octanol–water partition coefficient (Wildman–Crippen LogP) is 3.93. The first-order chi connectivity index (χ1) is 10.8. The minimum atomic E-state index is -4.48. The van der Waals surface area contributed by atoms with Gasteiger partial charge in [-0.05, 0) is 39.7 Å². The molecule has 0 spiro atoms. The van der Waals surface area contributed by atoms with E-state index in [-0.39, 0.29) is 22.4 Å². The van der Waals surface area contributed by atoms with Crippen LogP contribution in [0.4, 0.5) is 24.7 Å². The van der Waals surface area contributed by atoms with E-state index in [0.717, 1.165) is 0 Å². The molecule has 5 nitrogen and oxygen atoms in total. The first-order valence-corrected chi connectivity index (χ1v) is 7.32. The lowest BCUT2D eigenvalue weighted by molar-refractivity contribution is -0.123. The lowest BCUT2D eigenvalue weighted by atomic mass is 10.1. The van der Waals surface area contributed by atoms with Crippen molar-refractivity contribution in [1.29, 1.82) is 0 Å². The highest BCUT2D eigenvalue weighted by Crippen LogP contribution is 2.26. The number of amides is 1. The number of nitrogens with one attached hydrogen (secondary N) is 2. The maximum absolute atomic E-state index is 12.2. The Bertz CT molecular complexity index is 727. The predicted molar refractivity (Wildman–Crippen MR) is 82.9 cm³/mol. The highest BCUT2D eigenvalue weighted by Gasteiger charge is 2.28. The Labute approximate surface area is 142 Å². The zero-order chi connectivity index (χ0) is 17.0. The summed E-state index contributed by atoms with van der Waals surface area (Å²) in [5, 5.41) is 4.63. The Balaban J connectivity index is 2.23. The molecule has 2 N–H and O–H groups in total. The lowest BCUT2D eigenvalue weighted by Gasteiger charge is -2.13. The number of halogens is 5. The number of aromatic nitrogens is 2. The summed E-state index contributed by atoms with van der Waals surface area (Å²) in [6.45, 7) is -1.41. The number of anilines is 2. The summed E-state index contributed by atoms with van der Waals surface area (Å²) >= 11 is 8.91. The van der Waals surface area contributed by atoms with Crippen LogP contribution in [0.25, 0.3) is 0 Å². The van der Waals surface area contributed by atoms with Gasteiger partial charge in [-0.25, -0.2) is 4.98 Å². The van der Waals surface area contributed by atoms with Crippen LogP contribution in [0.1, 0.15) is 10.4 Å². The number of carbonyl (C=O) groups is 1. The van der Waals surface area contributed by atoms with Gasteiger partial charge in [-0.2, -0.15) is 18.2 Å². The molecule has 0 radical (unpaired) electrons. The summed E-state index contributed by atoms with van der Waals surface area (Å²) < 4.78 is 37.1. The van der Waals surface area contributed by atoms with Gasteiger partial charge >= 0.3 is 6.18 Å². The average Bonchev–Trinajstić information content (AvgIpc) is 2.48. The van der Waals surface area contributed by atoms with Crippen molar-refractivity contribution in [2.24, 2.45) is 0 Å². The van der Waals surface area contributed by atoms with Gasteiger partial charge in [0.1, 0.15) is 12.4 Å². The zero-order valence-electron chi connectivity index (χ0n) is 11.3. The van der Waals surface area contributed by atoms with E-state index in [1.54, 1.807) is 6.07 Å². The number of hydrogen-bond acceptors (Lipinski definition) is 4. The fourth-order valence-electron chi connectivity index (χ4n) is 1.63. The van der Waals surface area contributed by atoms with E-state index in [2.05, 4.69) is 31.2 Å². The van der Waals surface area contributed by atoms with Crippen molar-refractivity contribution < 1.29 is 18.0 Å². The Morgan fingerprint density at radius 2 is 2.00 bits per heavy atom. The quantitative estimate of drug-likeness (QED) is 0.751. The molecule has 122 valence electrons. The van der Waals surface area contributed by atoms with Crippen LogP contribution in [0.2, 0.25) is 5.28 Å². The normalized spacial score (nSPS) is 11.2. The van der Waals surface area contributed by atoms with Gasteiger partial charge in [0.25, 0.3) is 5.91 Å². The third kappa shape index (κ3) is 5.07. The van der Waals surface area contributed by atoms with E-state index in [1.165, 1.54) is 24.4 Å². The molecule has 1 aromatic heterocycles. The first kappa shape index (κ1) is 17.5. The summed E-state index contributed by atoms with van der Waals surface area (Å²) in [5.41, 5.74) is 0.320. The molecule has 0 saturated heterocycles. The van der Waals surface area contributed by atoms with Crippen molar-refractivity contribution in [3.8, 4) is 0 Å². The second-order valence-corrected chi connectivity index (χ2v) is 5.50. The van der Waals surface area contributed by atoms with Crippen LogP contribution >= 0.6 is 27.5 Å². The number of carbonyl (C=O) groups excluding carboxylic acids is 1. The number of nitrogens with zero attached hydrogens (tertiary/aromatic N) is 2. The van der Waals surface area contributed by atoms with Crippen LogP contribution in [-0.4, -0.2) is 28.6 Å². The molecule has 23 heavy (non-hydrogen) atoms. The minimum Gasteiger partial charge on any atom is -0.343 e. The second kappa shape index (κ2) is 7.14. The van der Waals surface area contributed by atoms with Crippen LogP contribution in [0.5, 0.6) is 0 Å². The standard InChI is InChI=1S/C13H9BrClF3N4O/c14-8-5-19-12(15)22-10(8)21-9-4-2-1-3-7(9)11(23)20-6-13(16,17)18/h1-5H,6H2,(H,20,23)(H,19,21,22). The number of alkyl halides is 3. The second-order valence-electron chi connectivity index (χ2n) is 4.30. The number of hydrogen-bond donors (Lipinski definition) is 2. The van der Waals surface area contributed by atoms with Gasteiger partial charge in [0, 0.05) is 6.20 Å². The Hall–Kier alpha value is -1.87. The van der Waals surface area contributed by atoms with Gasteiger partial charge in [-0.3, -0.25) is 4.79 Å². The fraction of sp³-hybridized carbons (Fsp3) is 0.154. The van der Waals surface area contributed by atoms with Crippen molar-refractivity contribution >= 4 is 44.9 Å². The molecule has 0 atom stereocenters. The van der Waals surface area contributed by atoms with Crippen LogP contribution in [0.15, 0.2) is 34.9 Å². The van der Waals surface area contributed by atoms with Crippen molar-refractivity contribution in [3.05, 3.63) is 45.8 Å². The van der Waals surface area contributed by atoms with Crippen LogP contribution in [0.3, 0.4) is 0 Å². The lowest BCUT2D eigenvalue weighted by Crippen LogP contribution is -2.34. The van der Waals surface area contributed by atoms with Gasteiger partial charge < -0.3 is 10.6 Å². The smallest absolute Gasteiger partial charge is 0.343 e. The van der Waals surface area contributed by atoms with E-state index in [0.29, 0.717) is 4.47 Å². The van der Waals surface area contributed by atoms with E-state index >= 15 is 0 Å². The topological polar surface area (TPSA) is 66.9 Å². The van der Waals surface area contributed by atoms with E-state index in [1.807, 2.05) is 5.32 Å². The van der Waals surface area contributed by atoms with Crippen molar-refractivity contribution in [2.45, 2.75) is 6.18 Å². The molecule has 2 aromatic rings. The highest BCUT2D eigenvalue weighted by atomic mass is 79.9. The third-order valence-electron chi connectivity index (χ3n) is 2.59. The summed E-state index contributed by atoms with van der Waals surface area (Å²) in [7, 11) is 0. The molecule has 2 rings (SSSR count). The molecule has 0 aliphatic carbocycles. The summed E-state index contributed by atoms with van der Waals surface area (Å²) in [4.78, 5) is 19.6. The van der Waals surface area contributed by atoms with Gasteiger partial charge in [-0.1, -0.05) is 12.1 Å². The van der Waals surface area contributed by atoms with Crippen LogP contribution in [-0.2, 0) is 0 Å². The molecule has 0 aliphatic rings. The van der Waals surface area contributed by atoms with E-state index in [4.69, 9.17) is 11.6 Å². The number of rotatable bonds is 4. The summed E-state index contributed by atoms with van der Waals surface area (Å²) in [6, 6.07) is 6.09. The Morgan fingerprint density at radius 3 is 2.70 bits per heavy atom. The Morgan fingerprint density at radius 1 is 1.30 bits per heavy atom. The largest absolute Gasteiger partial charge is 0.405 e. The van der Waals surface area contributed by atoms with Gasteiger partial charge in [0.05, 0.1) is 15.7 Å². The fourth-order valence-corrected chi connectivity index (χ4v) is 2.05. The molecular formula is C13H9BrClF3N4O. The van der Waals surface area contributed by atoms with E-state index in [9.17, 15) is 18.0 Å². The molecule has 1 aromatic carbocycles. The van der Waals surface area contributed by atoms with Gasteiger partial charge in [0.15, 0.2) is 0 Å². The van der Waals surface area contributed by atoms with Crippen LogP contribution < -0.4 is 10.6 Å². The number of benzene rings is 1. The molecule has 0 fully saturated rings. The van der Waals surface area contributed by atoms with Gasteiger partial charge in [0.2, 0.25) is 5.28 Å². The summed E-state index contributed by atoms with van der Waals surface area (Å²) in [6.07, 6.45) is -3.08. The highest BCUT2D eigenvalue weighted by molar-refractivity contribution is 9.10. The minimum absolute atomic E-state index is 0.0188. The first-order valence-electron chi connectivity index (χ1n) is 6.15. The molecule has 0 saturated carbocycles. The van der Waals surface area contributed by atoms with Crippen molar-refractivity contribution in [3.63, 3.8) is 0 Å². The average molecular weight is 410 g/mol. The molecule has 0 bridgehead atoms. The molecule has 0 unspecified atom stereocenters. The maximum atomic E-state index is 12.2. The monoisotopic (exact) mass is 408 g/mol. The van der Waals surface area contributed by atoms with E-state index < -0.39 is 18.6 Å². The SMILES string of the molecule is O=C(NCC(F)(F)F)c1ccccc1Nc1nc(Cl)ncc1Br. The van der Waals surface area contributed by atoms with Crippen LogP contribution in [0, 0.1) is 0 Å². The molecule has 0 aliphatic heterocycles. The van der Waals surface area contributed by atoms with Crippen molar-refractivity contribution in [1.82, 2.24) is 15.3 Å². The molecule has 1 heterocycles.